The Morgan fingerprint density at radius 2 is 1.66 bits per heavy atom. The van der Waals surface area contributed by atoms with Crippen LogP contribution < -0.4 is 5.73 Å². The topological polar surface area (TPSA) is 214 Å². The highest BCUT2D eigenvalue weighted by Crippen LogP contribution is 2.29. The first-order valence-corrected chi connectivity index (χ1v) is 10.6. The predicted octanol–water partition coefficient (Wildman–Crippen LogP) is -4.37. The Hall–Kier alpha value is -0.520. The third-order valence-electron chi connectivity index (χ3n) is 5.73. The Morgan fingerprint density at radius 1 is 1.00 bits per heavy atom. The molecule has 12 atom stereocenters. The van der Waals surface area contributed by atoms with E-state index < -0.39 is 93.9 Å². The molecule has 0 aromatic rings. The number of rotatable bonds is 11. The zero-order valence-electron chi connectivity index (χ0n) is 18.2. The molecule has 2 fully saturated rings. The van der Waals surface area contributed by atoms with Crippen molar-refractivity contribution < 1.29 is 59.4 Å². The van der Waals surface area contributed by atoms with Gasteiger partial charge in [0, 0.05) is 5.92 Å². The van der Waals surface area contributed by atoms with Crippen LogP contribution in [0.15, 0.2) is 0 Å². The van der Waals surface area contributed by atoms with E-state index in [4.69, 9.17) is 29.4 Å². The zero-order valence-corrected chi connectivity index (χ0v) is 18.2. The van der Waals surface area contributed by atoms with Crippen LogP contribution in [0.5, 0.6) is 0 Å². The summed E-state index contributed by atoms with van der Waals surface area (Å²) < 4.78 is 27.8. The van der Waals surface area contributed by atoms with Crippen LogP contribution in [0, 0.1) is 5.92 Å². The number of ether oxygens (including phenoxy) is 5. The van der Waals surface area contributed by atoms with Gasteiger partial charge in [-0.1, -0.05) is 6.92 Å². The average Bonchev–Trinajstić information content (AvgIpc) is 2.78. The summed E-state index contributed by atoms with van der Waals surface area (Å²) in [5.41, 5.74) is 6.08. The lowest BCUT2D eigenvalue weighted by Gasteiger charge is -2.46. The summed E-state index contributed by atoms with van der Waals surface area (Å²) in [7, 11) is 0. The molecule has 0 aromatic carbocycles. The lowest BCUT2D eigenvalue weighted by molar-refractivity contribution is -0.332. The van der Waals surface area contributed by atoms with Crippen LogP contribution >= 0.6 is 0 Å². The van der Waals surface area contributed by atoms with Crippen LogP contribution in [0.25, 0.3) is 0 Å². The summed E-state index contributed by atoms with van der Waals surface area (Å²) in [6.07, 6.45) is -11.4. The smallest absolute Gasteiger partial charge is 0.181 e. The molecule has 0 bridgehead atoms. The van der Waals surface area contributed by atoms with E-state index in [1.165, 1.54) is 6.92 Å². The molecule has 190 valence electrons. The minimum atomic E-state index is -1.45. The first-order chi connectivity index (χ1) is 15.2. The fraction of sp³-hybridized carbons (Fsp3) is 1.00. The molecule has 2 saturated heterocycles. The average molecular weight is 472 g/mol. The van der Waals surface area contributed by atoms with Crippen molar-refractivity contribution in [3.05, 3.63) is 0 Å². The highest BCUT2D eigenvalue weighted by molar-refractivity contribution is 4.95. The van der Waals surface area contributed by atoms with Crippen molar-refractivity contribution in [2.45, 2.75) is 81.3 Å². The summed E-state index contributed by atoms with van der Waals surface area (Å²) in [4.78, 5) is 0. The van der Waals surface area contributed by atoms with Gasteiger partial charge in [0.15, 0.2) is 12.6 Å². The summed E-state index contributed by atoms with van der Waals surface area (Å²) in [5.74, 6) is -0.284. The number of hydrogen-bond acceptors (Lipinski definition) is 13. The maximum absolute atomic E-state index is 10.7. The van der Waals surface area contributed by atoms with Crippen molar-refractivity contribution in [1.82, 2.24) is 0 Å². The second-order valence-electron chi connectivity index (χ2n) is 8.23. The Labute approximate surface area is 186 Å². The van der Waals surface area contributed by atoms with Gasteiger partial charge >= 0.3 is 0 Å². The summed E-state index contributed by atoms with van der Waals surface area (Å²) >= 11 is 0. The van der Waals surface area contributed by atoms with E-state index in [1.807, 2.05) is 0 Å². The van der Waals surface area contributed by atoms with E-state index in [9.17, 15) is 35.7 Å². The van der Waals surface area contributed by atoms with Crippen molar-refractivity contribution in [2.24, 2.45) is 11.7 Å². The molecular weight excluding hydrogens is 434 g/mol. The van der Waals surface area contributed by atoms with Crippen molar-refractivity contribution in [1.29, 1.82) is 0 Å². The van der Waals surface area contributed by atoms with Gasteiger partial charge in [-0.15, -0.1) is 0 Å². The van der Waals surface area contributed by atoms with Gasteiger partial charge in [-0.05, 0) is 6.92 Å². The van der Waals surface area contributed by atoms with Gasteiger partial charge in [-0.3, -0.25) is 0 Å². The van der Waals surface area contributed by atoms with E-state index >= 15 is 0 Å². The number of aliphatic hydroxyl groups is 7. The summed E-state index contributed by atoms with van der Waals surface area (Å²) in [6.45, 7) is 1.09. The predicted molar refractivity (Wildman–Crippen MR) is 106 cm³/mol. The maximum atomic E-state index is 10.7. The maximum Gasteiger partial charge on any atom is 0.181 e. The van der Waals surface area contributed by atoms with E-state index in [0.717, 1.165) is 0 Å². The Balaban J connectivity index is 2.09. The molecule has 32 heavy (non-hydrogen) atoms. The van der Waals surface area contributed by atoms with Crippen molar-refractivity contribution in [2.75, 3.05) is 33.0 Å². The normalized spacial score (nSPS) is 41.2. The molecular formula is C19H37NO12. The Morgan fingerprint density at radius 3 is 2.19 bits per heavy atom. The van der Waals surface area contributed by atoms with Gasteiger partial charge in [-0.2, -0.15) is 0 Å². The molecule has 2 rings (SSSR count). The molecule has 2 heterocycles. The molecule has 13 heteroatoms. The van der Waals surface area contributed by atoms with Gasteiger partial charge < -0.3 is 65.2 Å². The fourth-order valence-electron chi connectivity index (χ4n) is 3.67. The van der Waals surface area contributed by atoms with E-state index in [1.54, 1.807) is 6.92 Å². The van der Waals surface area contributed by atoms with Crippen molar-refractivity contribution >= 4 is 0 Å². The van der Waals surface area contributed by atoms with Crippen molar-refractivity contribution in [3.63, 3.8) is 0 Å². The first-order valence-electron chi connectivity index (χ1n) is 10.6. The molecule has 0 amide bonds. The highest BCUT2D eigenvalue weighted by atomic mass is 16.7. The summed E-state index contributed by atoms with van der Waals surface area (Å²) in [5, 5.41) is 69.0. The molecule has 2 aliphatic heterocycles. The van der Waals surface area contributed by atoms with Crippen molar-refractivity contribution in [3.8, 4) is 0 Å². The SMILES string of the molecule is CC(O)C(CO)OC(CO)OC1C(CO)OC(OC2C(CO)OCC(C)C2O)C(N)C1O. The number of aliphatic hydroxyl groups excluding tert-OH is 7. The molecule has 0 aromatic heterocycles. The van der Waals surface area contributed by atoms with Crippen LogP contribution in [0.1, 0.15) is 13.8 Å². The third kappa shape index (κ3) is 6.54. The van der Waals surface area contributed by atoms with Gasteiger partial charge in [0.2, 0.25) is 0 Å². The molecule has 0 radical (unpaired) electrons. The molecule has 12 unspecified atom stereocenters. The Bertz CT molecular complexity index is 538. The van der Waals surface area contributed by atoms with Crippen LogP contribution in [0.2, 0.25) is 0 Å². The standard InChI is InChI=1S/C19H37NO12/c1-8-7-28-11(4-22)17(15(8)26)32-19-14(20)16(27)18(12(5-23)30-19)31-13(6-24)29-10(3-21)9(2)25/h8-19,21-27H,3-7,20H2,1-2H3. The largest absolute Gasteiger partial charge is 0.394 e. The van der Waals surface area contributed by atoms with Gasteiger partial charge in [0.05, 0.1) is 51.3 Å². The monoisotopic (exact) mass is 471 g/mol. The van der Waals surface area contributed by atoms with Crippen LogP contribution in [-0.2, 0) is 23.7 Å². The number of hydrogen-bond donors (Lipinski definition) is 8. The van der Waals surface area contributed by atoms with Crippen LogP contribution in [0.3, 0.4) is 0 Å². The molecule has 0 aliphatic carbocycles. The first kappa shape index (κ1) is 27.7. The van der Waals surface area contributed by atoms with Crippen LogP contribution in [0.4, 0.5) is 0 Å². The summed E-state index contributed by atoms with van der Waals surface area (Å²) in [6, 6.07) is -1.20. The van der Waals surface area contributed by atoms with E-state index in [-0.39, 0.29) is 12.5 Å². The third-order valence-corrected chi connectivity index (χ3v) is 5.73. The Kier molecular flexibility index (Phi) is 11.1. The lowest BCUT2D eigenvalue weighted by Crippen LogP contribution is -2.66. The second kappa shape index (κ2) is 12.8. The van der Waals surface area contributed by atoms with Gasteiger partial charge in [0.25, 0.3) is 0 Å². The minimum Gasteiger partial charge on any atom is -0.394 e. The number of nitrogens with two attached hydrogens (primary N) is 1. The van der Waals surface area contributed by atoms with Gasteiger partial charge in [-0.25, -0.2) is 0 Å². The fourth-order valence-corrected chi connectivity index (χ4v) is 3.67. The molecule has 9 N–H and O–H groups in total. The molecule has 0 saturated carbocycles. The zero-order chi connectivity index (χ0) is 24.0. The highest BCUT2D eigenvalue weighted by Gasteiger charge is 2.49. The van der Waals surface area contributed by atoms with Crippen LogP contribution in [-0.4, -0.2) is 136 Å². The van der Waals surface area contributed by atoms with Gasteiger partial charge in [0.1, 0.15) is 36.6 Å². The molecule has 0 spiro atoms. The minimum absolute atomic E-state index is 0.228. The lowest BCUT2D eigenvalue weighted by atomic mass is 9.93. The van der Waals surface area contributed by atoms with E-state index in [2.05, 4.69) is 0 Å². The quantitative estimate of drug-likeness (QED) is 0.134. The molecule has 13 nitrogen and oxygen atoms in total. The molecule has 2 aliphatic rings. The van der Waals surface area contributed by atoms with E-state index in [0.29, 0.717) is 0 Å². The second-order valence-corrected chi connectivity index (χ2v) is 8.23.